The van der Waals surface area contributed by atoms with Crippen LogP contribution in [0.25, 0.3) is 0 Å². The highest BCUT2D eigenvalue weighted by Crippen LogP contribution is 2.51. The van der Waals surface area contributed by atoms with E-state index in [9.17, 15) is 4.79 Å². The second-order valence-electron chi connectivity index (χ2n) is 6.44. The molecule has 1 aliphatic carbocycles. The first-order valence-electron chi connectivity index (χ1n) is 7.98. The highest BCUT2D eigenvalue weighted by Gasteiger charge is 2.46. The van der Waals surface area contributed by atoms with E-state index in [1.54, 1.807) is 6.07 Å². The number of nitrogens with one attached hydrogen (secondary N) is 1. The minimum absolute atomic E-state index is 0.111. The highest BCUT2D eigenvalue weighted by molar-refractivity contribution is 6.35. The molecule has 1 aromatic carbocycles. The van der Waals surface area contributed by atoms with Crippen molar-refractivity contribution in [1.29, 1.82) is 0 Å². The number of likely N-dealkylation sites (tertiary alicyclic amines) is 1. The number of hydrogen-bond acceptors (Lipinski definition) is 2. The molecule has 22 heavy (non-hydrogen) atoms. The van der Waals surface area contributed by atoms with E-state index in [0.29, 0.717) is 21.9 Å². The third kappa shape index (κ3) is 3.42. The summed E-state index contributed by atoms with van der Waals surface area (Å²) >= 11 is 12.2. The Hall–Kier alpha value is -0.770. The Labute approximate surface area is 142 Å². The molecule has 2 aliphatic rings. The molecule has 3 rings (SSSR count). The summed E-state index contributed by atoms with van der Waals surface area (Å²) in [5.41, 5.74) is 1.06. The van der Waals surface area contributed by atoms with Crippen LogP contribution in [0.1, 0.15) is 30.7 Å². The number of carbonyl (C=O) groups is 1. The molecule has 1 amide bonds. The Morgan fingerprint density at radius 1 is 1.32 bits per heavy atom. The maximum absolute atomic E-state index is 12.6. The number of piperidine rings is 1. The fourth-order valence-electron chi connectivity index (χ4n) is 3.49. The van der Waals surface area contributed by atoms with E-state index in [1.165, 1.54) is 0 Å². The summed E-state index contributed by atoms with van der Waals surface area (Å²) in [6, 6.07) is 5.58. The van der Waals surface area contributed by atoms with E-state index < -0.39 is 0 Å². The molecule has 3 nitrogen and oxygen atoms in total. The Morgan fingerprint density at radius 2 is 2.05 bits per heavy atom. The Bertz CT molecular complexity index is 556. The van der Waals surface area contributed by atoms with Crippen LogP contribution in [0.3, 0.4) is 0 Å². The molecule has 1 heterocycles. The minimum atomic E-state index is 0.111. The third-order valence-corrected chi connectivity index (χ3v) is 5.45. The third-order valence-electron chi connectivity index (χ3n) is 4.89. The summed E-state index contributed by atoms with van der Waals surface area (Å²) in [6.07, 6.45) is 3.12. The Kier molecular flexibility index (Phi) is 4.96. The fraction of sp³-hybridized carbons (Fsp3) is 0.588. The van der Waals surface area contributed by atoms with E-state index in [1.807, 2.05) is 24.1 Å². The van der Waals surface area contributed by atoms with Crippen molar-refractivity contribution in [3.05, 3.63) is 33.8 Å². The van der Waals surface area contributed by atoms with Crippen LogP contribution in [0, 0.1) is 11.8 Å². The molecule has 0 aromatic heterocycles. The van der Waals surface area contributed by atoms with E-state index >= 15 is 0 Å². The Morgan fingerprint density at radius 3 is 2.68 bits per heavy atom. The molecule has 1 aromatic rings. The number of benzene rings is 1. The number of amides is 1. The van der Waals surface area contributed by atoms with Crippen molar-refractivity contribution in [3.8, 4) is 0 Å². The normalized spacial score (nSPS) is 25.3. The van der Waals surface area contributed by atoms with Crippen LogP contribution in [0.2, 0.25) is 10.0 Å². The van der Waals surface area contributed by atoms with Gasteiger partial charge in [-0.25, -0.2) is 0 Å². The van der Waals surface area contributed by atoms with Gasteiger partial charge in [0.15, 0.2) is 0 Å². The van der Waals surface area contributed by atoms with Gasteiger partial charge in [-0.15, -0.1) is 0 Å². The molecule has 1 aliphatic heterocycles. The van der Waals surface area contributed by atoms with Gasteiger partial charge < -0.3 is 10.2 Å². The zero-order chi connectivity index (χ0) is 15.7. The molecule has 0 radical (unpaired) electrons. The molecule has 5 heteroatoms. The lowest BCUT2D eigenvalue weighted by Crippen LogP contribution is -2.41. The van der Waals surface area contributed by atoms with Crippen LogP contribution >= 0.6 is 23.2 Å². The maximum Gasteiger partial charge on any atom is 0.226 e. The summed E-state index contributed by atoms with van der Waals surface area (Å²) in [4.78, 5) is 14.7. The van der Waals surface area contributed by atoms with E-state index in [4.69, 9.17) is 23.2 Å². The second-order valence-corrected chi connectivity index (χ2v) is 7.28. The summed E-state index contributed by atoms with van der Waals surface area (Å²) in [5.74, 6) is 1.39. The van der Waals surface area contributed by atoms with E-state index in [0.717, 1.165) is 44.5 Å². The molecule has 1 N–H and O–H groups in total. The summed E-state index contributed by atoms with van der Waals surface area (Å²) in [5, 5.41) is 4.55. The molecular weight excluding hydrogens is 319 g/mol. The predicted octanol–water partition coefficient (Wildman–Crippen LogP) is 3.55. The lowest BCUT2D eigenvalue weighted by molar-refractivity contribution is -0.134. The quantitative estimate of drug-likeness (QED) is 0.908. The number of carbonyl (C=O) groups excluding carboxylic acids is 1. The van der Waals surface area contributed by atoms with Crippen molar-refractivity contribution in [2.24, 2.45) is 11.8 Å². The lowest BCUT2D eigenvalue weighted by atomic mass is 9.96. The predicted molar refractivity (Wildman–Crippen MR) is 90.5 cm³/mol. The van der Waals surface area contributed by atoms with Crippen LogP contribution < -0.4 is 5.32 Å². The maximum atomic E-state index is 12.6. The topological polar surface area (TPSA) is 32.3 Å². The van der Waals surface area contributed by atoms with Crippen molar-refractivity contribution >= 4 is 29.1 Å². The van der Waals surface area contributed by atoms with Gasteiger partial charge in [0.05, 0.1) is 0 Å². The van der Waals surface area contributed by atoms with Gasteiger partial charge in [-0.3, -0.25) is 4.79 Å². The van der Waals surface area contributed by atoms with Crippen LogP contribution in [0.4, 0.5) is 0 Å². The minimum Gasteiger partial charge on any atom is -0.342 e. The standard InChI is InChI=1S/C17H22Cl2N2O/c1-20-10-11-4-6-21(7-5-11)17(22)15-9-14(15)13-3-2-12(18)8-16(13)19/h2-3,8,11,14-15,20H,4-7,9-10H2,1H3. The van der Waals surface area contributed by atoms with Gasteiger partial charge in [0.25, 0.3) is 0 Å². The largest absolute Gasteiger partial charge is 0.342 e. The smallest absolute Gasteiger partial charge is 0.226 e. The lowest BCUT2D eigenvalue weighted by Gasteiger charge is -2.32. The number of halogens is 2. The zero-order valence-electron chi connectivity index (χ0n) is 12.8. The zero-order valence-corrected chi connectivity index (χ0v) is 14.3. The number of nitrogens with zero attached hydrogens (tertiary/aromatic N) is 1. The molecule has 120 valence electrons. The van der Waals surface area contributed by atoms with Crippen molar-refractivity contribution in [2.75, 3.05) is 26.7 Å². The van der Waals surface area contributed by atoms with Crippen molar-refractivity contribution in [2.45, 2.75) is 25.2 Å². The molecule has 2 fully saturated rings. The first-order chi connectivity index (χ1) is 10.6. The van der Waals surface area contributed by atoms with Gasteiger partial charge in [0, 0.05) is 29.1 Å². The summed E-state index contributed by atoms with van der Waals surface area (Å²) in [6.45, 7) is 2.83. The van der Waals surface area contributed by atoms with Gasteiger partial charge in [-0.05, 0) is 62.4 Å². The molecule has 1 saturated heterocycles. The van der Waals surface area contributed by atoms with Gasteiger partial charge >= 0.3 is 0 Å². The monoisotopic (exact) mass is 340 g/mol. The summed E-state index contributed by atoms with van der Waals surface area (Å²) < 4.78 is 0. The first kappa shape index (κ1) is 16.1. The first-order valence-corrected chi connectivity index (χ1v) is 8.74. The summed E-state index contributed by atoms with van der Waals surface area (Å²) in [7, 11) is 1.99. The van der Waals surface area contributed by atoms with E-state index in [2.05, 4.69) is 5.32 Å². The van der Waals surface area contributed by atoms with Crippen LogP contribution in [0.15, 0.2) is 18.2 Å². The molecule has 0 spiro atoms. The fourth-order valence-corrected chi connectivity index (χ4v) is 4.04. The van der Waals surface area contributed by atoms with Crippen molar-refractivity contribution in [3.63, 3.8) is 0 Å². The Balaban J connectivity index is 1.57. The van der Waals surface area contributed by atoms with Crippen LogP contribution in [-0.4, -0.2) is 37.5 Å². The molecular formula is C17H22Cl2N2O. The average Bonchev–Trinajstić information content (AvgIpc) is 3.28. The number of rotatable bonds is 4. The van der Waals surface area contributed by atoms with Crippen LogP contribution in [0.5, 0.6) is 0 Å². The average molecular weight is 341 g/mol. The highest BCUT2D eigenvalue weighted by atomic mass is 35.5. The van der Waals surface area contributed by atoms with E-state index in [-0.39, 0.29) is 11.8 Å². The van der Waals surface area contributed by atoms with Crippen LogP contribution in [-0.2, 0) is 4.79 Å². The van der Waals surface area contributed by atoms with Gasteiger partial charge in [0.2, 0.25) is 5.91 Å². The number of hydrogen-bond donors (Lipinski definition) is 1. The molecule has 0 bridgehead atoms. The SMILES string of the molecule is CNCC1CCN(C(=O)C2CC2c2ccc(Cl)cc2Cl)CC1. The molecule has 2 unspecified atom stereocenters. The second kappa shape index (κ2) is 6.77. The van der Waals surface area contributed by atoms with Gasteiger partial charge in [-0.2, -0.15) is 0 Å². The van der Waals surface area contributed by atoms with Gasteiger partial charge in [0.1, 0.15) is 0 Å². The molecule has 1 saturated carbocycles. The van der Waals surface area contributed by atoms with Crippen molar-refractivity contribution < 1.29 is 4.79 Å². The van der Waals surface area contributed by atoms with Gasteiger partial charge in [-0.1, -0.05) is 29.3 Å². The molecule has 2 atom stereocenters. The van der Waals surface area contributed by atoms with Crippen molar-refractivity contribution in [1.82, 2.24) is 10.2 Å².